The quantitative estimate of drug-likeness (QED) is 0.567. The number of hydrogen-bond acceptors (Lipinski definition) is 3. The number of H-pyrrole nitrogens is 1. The smallest absolute Gasteiger partial charge is 0.319 e. The molecule has 0 radical (unpaired) electrons. The van der Waals surface area contributed by atoms with E-state index in [9.17, 15) is 4.79 Å². The molecule has 0 atom stereocenters. The Morgan fingerprint density at radius 3 is 3.21 bits per heavy atom. The largest absolute Gasteiger partial charge is 0.334 e. The van der Waals surface area contributed by atoms with Crippen molar-refractivity contribution in [2.45, 2.75) is 6.54 Å². The fraction of sp³-hybridized carbons (Fsp3) is 0.125. The summed E-state index contributed by atoms with van der Waals surface area (Å²) in [6, 6.07) is -0.189. The molecule has 0 unspecified atom stereocenters. The van der Waals surface area contributed by atoms with Crippen molar-refractivity contribution < 1.29 is 4.79 Å². The van der Waals surface area contributed by atoms with E-state index >= 15 is 0 Å². The highest BCUT2D eigenvalue weighted by atomic mass is 16.2. The van der Waals surface area contributed by atoms with Gasteiger partial charge in [-0.25, -0.2) is 9.78 Å². The van der Waals surface area contributed by atoms with Gasteiger partial charge in [-0.2, -0.15) is 5.10 Å². The summed E-state index contributed by atoms with van der Waals surface area (Å²) in [4.78, 5) is 15.3. The van der Waals surface area contributed by atoms with Crippen LogP contribution >= 0.6 is 0 Å². The highest BCUT2D eigenvalue weighted by Crippen LogP contribution is 2.26. The zero-order chi connectivity index (χ0) is 9.54. The van der Waals surface area contributed by atoms with E-state index in [0.717, 1.165) is 16.6 Å². The topological polar surface area (TPSA) is 82.7 Å². The Bertz CT molecular complexity index is 517. The lowest BCUT2D eigenvalue weighted by atomic mass is 10.1. The number of pyridine rings is 1. The van der Waals surface area contributed by atoms with Crippen molar-refractivity contribution in [3.63, 3.8) is 0 Å². The molecule has 1 aliphatic rings. The standard InChI is InChI=1S/C8H7N5O/c14-8-10-2-4-1-9-7-5(3-11-13-7)6(4)12-8/h1,3H,2H2,(H,9,11,13)(H2,10,12,14). The zero-order valence-electron chi connectivity index (χ0n) is 7.16. The number of anilines is 1. The summed E-state index contributed by atoms with van der Waals surface area (Å²) in [6.45, 7) is 0.509. The van der Waals surface area contributed by atoms with Crippen LogP contribution < -0.4 is 10.6 Å². The number of aromatic nitrogens is 3. The molecular formula is C8H7N5O. The van der Waals surface area contributed by atoms with Crippen molar-refractivity contribution in [1.82, 2.24) is 20.5 Å². The fourth-order valence-electron chi connectivity index (χ4n) is 1.56. The molecule has 3 heterocycles. The Balaban J connectivity index is 2.31. The van der Waals surface area contributed by atoms with E-state index in [0.29, 0.717) is 12.2 Å². The minimum absolute atomic E-state index is 0.189. The van der Waals surface area contributed by atoms with Crippen LogP contribution in [0, 0.1) is 0 Å². The zero-order valence-corrected chi connectivity index (χ0v) is 7.16. The van der Waals surface area contributed by atoms with Crippen LogP contribution in [0.3, 0.4) is 0 Å². The summed E-state index contributed by atoms with van der Waals surface area (Å²) in [6.07, 6.45) is 3.38. The van der Waals surface area contributed by atoms with E-state index in [2.05, 4.69) is 25.8 Å². The number of fused-ring (bicyclic) bond motifs is 3. The van der Waals surface area contributed by atoms with Crippen LogP contribution in [-0.2, 0) is 6.54 Å². The van der Waals surface area contributed by atoms with E-state index < -0.39 is 0 Å². The van der Waals surface area contributed by atoms with Crippen LogP contribution in [-0.4, -0.2) is 21.2 Å². The van der Waals surface area contributed by atoms with Crippen LogP contribution in [0.4, 0.5) is 10.5 Å². The van der Waals surface area contributed by atoms with Crippen LogP contribution in [0.2, 0.25) is 0 Å². The maximum Gasteiger partial charge on any atom is 0.319 e. The molecule has 0 bridgehead atoms. The molecule has 3 rings (SSSR count). The summed E-state index contributed by atoms with van der Waals surface area (Å²) in [5.41, 5.74) is 2.46. The molecule has 2 aromatic heterocycles. The highest BCUT2D eigenvalue weighted by Gasteiger charge is 2.17. The Labute approximate surface area is 78.7 Å². The molecule has 0 saturated heterocycles. The molecule has 2 amide bonds. The van der Waals surface area contributed by atoms with Crippen molar-refractivity contribution in [1.29, 1.82) is 0 Å². The molecule has 1 aliphatic heterocycles. The molecule has 2 aromatic rings. The van der Waals surface area contributed by atoms with E-state index in [1.165, 1.54) is 0 Å². The van der Waals surface area contributed by atoms with Crippen molar-refractivity contribution in [3.8, 4) is 0 Å². The minimum atomic E-state index is -0.189. The van der Waals surface area contributed by atoms with Gasteiger partial charge in [0.2, 0.25) is 0 Å². The van der Waals surface area contributed by atoms with Crippen LogP contribution in [0.5, 0.6) is 0 Å². The first-order valence-electron chi connectivity index (χ1n) is 4.20. The van der Waals surface area contributed by atoms with Gasteiger partial charge in [0.15, 0.2) is 5.65 Å². The molecule has 0 spiro atoms. The monoisotopic (exact) mass is 189 g/mol. The molecule has 70 valence electrons. The summed E-state index contributed by atoms with van der Waals surface area (Å²) < 4.78 is 0. The number of hydrogen-bond donors (Lipinski definition) is 3. The predicted molar refractivity (Wildman–Crippen MR) is 49.7 cm³/mol. The second-order valence-electron chi connectivity index (χ2n) is 3.10. The molecule has 14 heavy (non-hydrogen) atoms. The summed E-state index contributed by atoms with van der Waals surface area (Å²) >= 11 is 0. The Kier molecular flexibility index (Phi) is 1.27. The SMILES string of the molecule is O=C1NCc2cnc3[nH]ncc3c2N1. The van der Waals surface area contributed by atoms with E-state index in [1.807, 2.05) is 0 Å². The van der Waals surface area contributed by atoms with Gasteiger partial charge in [-0.05, 0) is 0 Å². The van der Waals surface area contributed by atoms with Crippen LogP contribution in [0.15, 0.2) is 12.4 Å². The number of nitrogens with one attached hydrogen (secondary N) is 3. The van der Waals surface area contributed by atoms with Gasteiger partial charge in [-0.15, -0.1) is 0 Å². The first kappa shape index (κ1) is 7.31. The molecule has 0 aromatic carbocycles. The maximum absolute atomic E-state index is 11.1. The van der Waals surface area contributed by atoms with Crippen LogP contribution in [0.1, 0.15) is 5.56 Å². The molecule has 0 fully saturated rings. The highest BCUT2D eigenvalue weighted by molar-refractivity contribution is 6.02. The number of aromatic amines is 1. The average Bonchev–Trinajstić information content (AvgIpc) is 2.65. The lowest BCUT2D eigenvalue weighted by Gasteiger charge is -2.17. The number of amides is 2. The van der Waals surface area contributed by atoms with Gasteiger partial charge in [0.25, 0.3) is 0 Å². The van der Waals surface area contributed by atoms with Crippen molar-refractivity contribution >= 4 is 22.8 Å². The summed E-state index contributed by atoms with van der Waals surface area (Å²) in [5.74, 6) is 0. The third-order valence-corrected chi connectivity index (χ3v) is 2.24. The number of rotatable bonds is 0. The van der Waals surface area contributed by atoms with Crippen molar-refractivity contribution in [2.75, 3.05) is 5.32 Å². The van der Waals surface area contributed by atoms with Gasteiger partial charge in [0.1, 0.15) is 0 Å². The van der Waals surface area contributed by atoms with Gasteiger partial charge in [0, 0.05) is 18.3 Å². The number of carbonyl (C=O) groups excluding carboxylic acids is 1. The second-order valence-corrected chi connectivity index (χ2v) is 3.10. The van der Waals surface area contributed by atoms with E-state index in [-0.39, 0.29) is 6.03 Å². The van der Waals surface area contributed by atoms with Gasteiger partial charge in [0.05, 0.1) is 17.3 Å². The van der Waals surface area contributed by atoms with Gasteiger partial charge >= 0.3 is 6.03 Å². The maximum atomic E-state index is 11.1. The first-order chi connectivity index (χ1) is 6.84. The third kappa shape index (κ3) is 0.875. The second kappa shape index (κ2) is 2.44. The van der Waals surface area contributed by atoms with Crippen molar-refractivity contribution in [3.05, 3.63) is 18.0 Å². The van der Waals surface area contributed by atoms with Gasteiger partial charge in [-0.3, -0.25) is 5.10 Å². The first-order valence-corrected chi connectivity index (χ1v) is 4.20. The van der Waals surface area contributed by atoms with Gasteiger partial charge < -0.3 is 10.6 Å². The molecule has 6 nitrogen and oxygen atoms in total. The molecule has 3 N–H and O–H groups in total. The fourth-order valence-corrected chi connectivity index (χ4v) is 1.56. The Hall–Kier alpha value is -2.11. The predicted octanol–water partition coefficient (Wildman–Crippen LogP) is 0.593. The van der Waals surface area contributed by atoms with E-state index in [4.69, 9.17) is 0 Å². The molecular weight excluding hydrogens is 182 g/mol. The summed E-state index contributed by atoms with van der Waals surface area (Å²) in [5, 5.41) is 12.9. The Morgan fingerprint density at radius 2 is 2.29 bits per heavy atom. The Morgan fingerprint density at radius 1 is 1.36 bits per heavy atom. The third-order valence-electron chi connectivity index (χ3n) is 2.24. The molecule has 6 heteroatoms. The lowest BCUT2D eigenvalue weighted by Crippen LogP contribution is -2.33. The van der Waals surface area contributed by atoms with Crippen molar-refractivity contribution in [2.24, 2.45) is 0 Å². The average molecular weight is 189 g/mol. The number of carbonyl (C=O) groups is 1. The lowest BCUT2D eigenvalue weighted by molar-refractivity contribution is 0.251. The molecule has 0 saturated carbocycles. The number of urea groups is 1. The van der Waals surface area contributed by atoms with E-state index in [1.54, 1.807) is 12.4 Å². The van der Waals surface area contributed by atoms with Crippen LogP contribution in [0.25, 0.3) is 11.0 Å². The number of nitrogens with zero attached hydrogens (tertiary/aromatic N) is 2. The van der Waals surface area contributed by atoms with Gasteiger partial charge in [-0.1, -0.05) is 0 Å². The summed E-state index contributed by atoms with van der Waals surface area (Å²) in [7, 11) is 0. The minimum Gasteiger partial charge on any atom is -0.334 e. The normalized spacial score (nSPS) is 14.7. The molecule has 0 aliphatic carbocycles.